The van der Waals surface area contributed by atoms with Gasteiger partial charge in [-0.15, -0.1) is 11.8 Å². The lowest BCUT2D eigenvalue weighted by molar-refractivity contribution is -0.151. The van der Waals surface area contributed by atoms with Crippen LogP contribution in [-0.4, -0.2) is 42.2 Å². The topological polar surface area (TPSA) is 46.6 Å². The molecule has 0 bridgehead atoms. The zero-order valence-corrected chi connectivity index (χ0v) is 14.2. The predicted molar refractivity (Wildman–Crippen MR) is 88.1 cm³/mol. The number of esters is 1. The van der Waals surface area contributed by atoms with Crippen molar-refractivity contribution in [3.63, 3.8) is 0 Å². The second-order valence-corrected chi connectivity index (χ2v) is 6.57. The van der Waals surface area contributed by atoms with Gasteiger partial charge in [-0.25, -0.2) is 0 Å². The quantitative estimate of drug-likeness (QED) is 0.609. The average Bonchev–Trinajstić information content (AvgIpc) is 2.54. The summed E-state index contributed by atoms with van der Waals surface area (Å²) in [6.07, 6.45) is 1.63. The lowest BCUT2D eigenvalue weighted by Gasteiger charge is -2.31. The molecule has 1 amide bonds. The van der Waals surface area contributed by atoms with Gasteiger partial charge in [-0.05, 0) is 31.9 Å². The minimum atomic E-state index is -0.196. The van der Waals surface area contributed by atoms with Crippen LogP contribution in [0.3, 0.4) is 0 Å². The number of nitrogens with zero attached hydrogens (tertiary/aromatic N) is 1. The van der Waals surface area contributed by atoms with Gasteiger partial charge in [0.15, 0.2) is 0 Å². The SMILES string of the molecule is CCOC(=O)[C@H]1CCCN(C(=O)CSc2ccccc2Cl)C1. The Morgan fingerprint density at radius 2 is 2.18 bits per heavy atom. The Balaban J connectivity index is 1.87. The van der Waals surface area contributed by atoms with Crippen LogP contribution in [0.15, 0.2) is 29.2 Å². The molecule has 0 aromatic heterocycles. The van der Waals surface area contributed by atoms with Gasteiger partial charge in [0, 0.05) is 18.0 Å². The van der Waals surface area contributed by atoms with Gasteiger partial charge in [0.05, 0.1) is 23.3 Å². The van der Waals surface area contributed by atoms with E-state index in [0.717, 1.165) is 17.7 Å². The molecule has 0 aliphatic carbocycles. The summed E-state index contributed by atoms with van der Waals surface area (Å²) in [4.78, 5) is 26.8. The van der Waals surface area contributed by atoms with Crippen LogP contribution in [0.1, 0.15) is 19.8 Å². The molecule has 0 unspecified atom stereocenters. The minimum Gasteiger partial charge on any atom is -0.466 e. The Labute approximate surface area is 140 Å². The maximum Gasteiger partial charge on any atom is 0.310 e. The van der Waals surface area contributed by atoms with Crippen molar-refractivity contribution in [1.29, 1.82) is 0 Å². The fourth-order valence-corrected chi connectivity index (χ4v) is 3.59. The van der Waals surface area contributed by atoms with Crippen LogP contribution in [0.2, 0.25) is 5.02 Å². The molecular formula is C16H20ClNO3S. The Bertz CT molecular complexity index is 538. The second-order valence-electron chi connectivity index (χ2n) is 5.15. The van der Waals surface area contributed by atoms with Gasteiger partial charge in [-0.3, -0.25) is 9.59 Å². The van der Waals surface area contributed by atoms with Crippen molar-refractivity contribution in [1.82, 2.24) is 4.90 Å². The number of amides is 1. The van der Waals surface area contributed by atoms with E-state index in [-0.39, 0.29) is 17.8 Å². The first-order valence-corrected chi connectivity index (χ1v) is 8.80. The minimum absolute atomic E-state index is 0.0407. The van der Waals surface area contributed by atoms with Crippen molar-refractivity contribution >= 4 is 35.2 Å². The molecule has 1 aromatic rings. The number of hydrogen-bond donors (Lipinski definition) is 0. The third kappa shape index (κ3) is 4.65. The van der Waals surface area contributed by atoms with Crippen LogP contribution in [0.4, 0.5) is 0 Å². The summed E-state index contributed by atoms with van der Waals surface area (Å²) < 4.78 is 5.05. The van der Waals surface area contributed by atoms with E-state index in [4.69, 9.17) is 16.3 Å². The van der Waals surface area contributed by atoms with E-state index in [9.17, 15) is 9.59 Å². The second kappa shape index (κ2) is 8.44. The highest BCUT2D eigenvalue weighted by molar-refractivity contribution is 8.00. The first kappa shape index (κ1) is 17.2. The smallest absolute Gasteiger partial charge is 0.310 e. The molecule has 1 aliphatic rings. The van der Waals surface area contributed by atoms with Crippen LogP contribution in [-0.2, 0) is 14.3 Å². The van der Waals surface area contributed by atoms with Crippen LogP contribution >= 0.6 is 23.4 Å². The largest absolute Gasteiger partial charge is 0.466 e. The van der Waals surface area contributed by atoms with Crippen molar-refractivity contribution in [2.75, 3.05) is 25.4 Å². The summed E-state index contributed by atoms with van der Waals surface area (Å²) in [6.45, 7) is 3.34. The van der Waals surface area contributed by atoms with E-state index in [1.807, 2.05) is 24.3 Å². The summed E-state index contributed by atoms with van der Waals surface area (Å²) in [5.74, 6) is -0.0140. The third-order valence-electron chi connectivity index (χ3n) is 3.58. The molecule has 22 heavy (non-hydrogen) atoms. The third-order valence-corrected chi connectivity index (χ3v) is 5.08. The molecule has 1 heterocycles. The van der Waals surface area contributed by atoms with Gasteiger partial charge >= 0.3 is 5.97 Å². The van der Waals surface area contributed by atoms with Gasteiger partial charge in [-0.2, -0.15) is 0 Å². The fourth-order valence-electron chi connectivity index (χ4n) is 2.45. The van der Waals surface area contributed by atoms with Crippen molar-refractivity contribution in [3.8, 4) is 0 Å². The van der Waals surface area contributed by atoms with Gasteiger partial charge in [0.1, 0.15) is 0 Å². The van der Waals surface area contributed by atoms with Gasteiger partial charge in [-0.1, -0.05) is 23.7 Å². The highest BCUT2D eigenvalue weighted by Crippen LogP contribution is 2.27. The molecular weight excluding hydrogens is 322 g/mol. The highest BCUT2D eigenvalue weighted by Gasteiger charge is 2.29. The molecule has 1 atom stereocenters. The zero-order valence-electron chi connectivity index (χ0n) is 12.6. The summed E-state index contributed by atoms with van der Waals surface area (Å²) >= 11 is 7.52. The summed E-state index contributed by atoms with van der Waals surface area (Å²) in [5.41, 5.74) is 0. The molecule has 6 heteroatoms. The zero-order chi connectivity index (χ0) is 15.9. The number of piperidine rings is 1. The number of hydrogen-bond acceptors (Lipinski definition) is 4. The van der Waals surface area contributed by atoms with Gasteiger partial charge in [0.25, 0.3) is 0 Å². The van der Waals surface area contributed by atoms with E-state index < -0.39 is 0 Å². The molecule has 1 fully saturated rings. The Hall–Kier alpha value is -1.20. The highest BCUT2D eigenvalue weighted by atomic mass is 35.5. The van der Waals surface area contributed by atoms with E-state index >= 15 is 0 Å². The van der Waals surface area contributed by atoms with Crippen LogP contribution in [0.5, 0.6) is 0 Å². The number of halogens is 1. The van der Waals surface area contributed by atoms with E-state index in [1.165, 1.54) is 11.8 Å². The maximum atomic E-state index is 12.3. The fraction of sp³-hybridized carbons (Fsp3) is 0.500. The maximum absolute atomic E-state index is 12.3. The van der Waals surface area contributed by atoms with E-state index in [2.05, 4.69) is 0 Å². The molecule has 4 nitrogen and oxygen atoms in total. The number of benzene rings is 1. The molecule has 1 saturated heterocycles. The Kier molecular flexibility index (Phi) is 6.58. The predicted octanol–water partition coefficient (Wildman–Crippen LogP) is 3.23. The molecule has 1 aliphatic heterocycles. The molecule has 0 N–H and O–H groups in total. The van der Waals surface area contributed by atoms with Crippen LogP contribution in [0, 0.1) is 5.92 Å². The summed E-state index contributed by atoms with van der Waals surface area (Å²) in [6, 6.07) is 7.48. The molecule has 0 spiro atoms. The molecule has 2 rings (SSSR count). The van der Waals surface area contributed by atoms with E-state index in [1.54, 1.807) is 11.8 Å². The lowest BCUT2D eigenvalue weighted by Crippen LogP contribution is -2.43. The number of thioether (sulfide) groups is 1. The van der Waals surface area contributed by atoms with E-state index in [0.29, 0.717) is 30.5 Å². The van der Waals surface area contributed by atoms with Crippen LogP contribution < -0.4 is 0 Å². The van der Waals surface area contributed by atoms with Crippen molar-refractivity contribution in [3.05, 3.63) is 29.3 Å². The molecule has 120 valence electrons. The Morgan fingerprint density at radius 3 is 2.91 bits per heavy atom. The van der Waals surface area contributed by atoms with Gasteiger partial charge < -0.3 is 9.64 Å². The number of carbonyl (C=O) groups excluding carboxylic acids is 2. The first-order valence-electron chi connectivity index (χ1n) is 7.43. The average molecular weight is 342 g/mol. The first-order chi connectivity index (χ1) is 10.6. The van der Waals surface area contributed by atoms with Crippen molar-refractivity contribution in [2.24, 2.45) is 5.92 Å². The number of carbonyl (C=O) groups is 2. The molecule has 0 saturated carbocycles. The monoisotopic (exact) mass is 341 g/mol. The standard InChI is InChI=1S/C16H20ClNO3S/c1-2-21-16(20)12-6-5-9-18(10-12)15(19)11-22-14-8-4-3-7-13(14)17/h3-4,7-8,12H,2,5-6,9-11H2,1H3/t12-/m0/s1. The molecule has 1 aromatic carbocycles. The van der Waals surface area contributed by atoms with Crippen molar-refractivity contribution < 1.29 is 14.3 Å². The lowest BCUT2D eigenvalue weighted by atomic mass is 9.98. The summed E-state index contributed by atoms with van der Waals surface area (Å²) in [5, 5.41) is 0.656. The van der Waals surface area contributed by atoms with Crippen LogP contribution in [0.25, 0.3) is 0 Å². The summed E-state index contributed by atoms with van der Waals surface area (Å²) in [7, 11) is 0. The normalized spacial score (nSPS) is 18.1. The molecule has 0 radical (unpaired) electrons. The number of rotatable bonds is 5. The number of ether oxygens (including phenoxy) is 1. The van der Waals surface area contributed by atoms with Crippen molar-refractivity contribution in [2.45, 2.75) is 24.7 Å². The Morgan fingerprint density at radius 1 is 1.41 bits per heavy atom. The van der Waals surface area contributed by atoms with Gasteiger partial charge in [0.2, 0.25) is 5.91 Å². The number of likely N-dealkylation sites (tertiary alicyclic amines) is 1.